The molecule has 4 aromatic rings. The molecule has 0 aliphatic heterocycles. The maximum absolute atomic E-state index is 12.7. The first-order valence-corrected chi connectivity index (χ1v) is 8.59. The minimum atomic E-state index is -0.556. The van der Waals surface area contributed by atoms with Crippen LogP contribution < -0.4 is 16.1 Å². The zero-order valence-corrected chi connectivity index (χ0v) is 15.0. The lowest BCUT2D eigenvalue weighted by molar-refractivity contribution is -0.384. The number of nitro groups is 1. The van der Waals surface area contributed by atoms with Crippen molar-refractivity contribution in [2.45, 2.75) is 0 Å². The predicted molar refractivity (Wildman–Crippen MR) is 107 cm³/mol. The van der Waals surface area contributed by atoms with Crippen LogP contribution in [0, 0.1) is 10.1 Å². The van der Waals surface area contributed by atoms with E-state index in [0.29, 0.717) is 22.0 Å². The summed E-state index contributed by atoms with van der Waals surface area (Å²) >= 11 is 0. The van der Waals surface area contributed by atoms with Crippen molar-refractivity contribution in [1.29, 1.82) is 0 Å². The van der Waals surface area contributed by atoms with E-state index in [4.69, 9.17) is 4.42 Å². The van der Waals surface area contributed by atoms with E-state index in [-0.39, 0.29) is 28.3 Å². The maximum atomic E-state index is 12.7. The van der Waals surface area contributed by atoms with Crippen molar-refractivity contribution < 1.29 is 14.4 Å². The molecule has 0 amide bonds. The highest BCUT2D eigenvalue weighted by molar-refractivity contribution is 5.69. The molecule has 0 saturated carbocycles. The van der Waals surface area contributed by atoms with Gasteiger partial charge in [0, 0.05) is 12.1 Å². The molecule has 8 nitrogen and oxygen atoms in total. The number of phenols is 1. The fourth-order valence-corrected chi connectivity index (χ4v) is 2.96. The van der Waals surface area contributed by atoms with Crippen molar-refractivity contribution >= 4 is 18.3 Å². The third kappa shape index (κ3) is 3.34. The number of nitro benzene ring substituents is 1. The molecule has 0 atom stereocenters. The molecule has 0 radical (unpaired) electrons. The third-order valence-corrected chi connectivity index (χ3v) is 4.39. The first-order chi connectivity index (χ1) is 13.9. The Morgan fingerprint density at radius 1 is 1.14 bits per heavy atom. The molecule has 0 spiro atoms. The average Bonchev–Trinajstić information content (AvgIpc) is 3.29. The molecule has 2 aromatic heterocycles. The largest absolute Gasteiger partial charge is 0.507 e. The van der Waals surface area contributed by atoms with Gasteiger partial charge in [0.1, 0.15) is 17.3 Å². The quantitative estimate of drug-likeness (QED) is 0.411. The number of aromatic nitrogens is 2. The molecule has 0 bridgehead atoms. The van der Waals surface area contributed by atoms with E-state index in [1.807, 2.05) is 18.2 Å². The average molecular weight is 389 g/mol. The van der Waals surface area contributed by atoms with E-state index in [1.165, 1.54) is 29.0 Å². The van der Waals surface area contributed by atoms with Crippen LogP contribution in [0.15, 0.2) is 69.9 Å². The van der Waals surface area contributed by atoms with Gasteiger partial charge in [-0.25, -0.2) is 4.68 Å². The van der Waals surface area contributed by atoms with Crippen LogP contribution in [0.1, 0.15) is 5.76 Å². The van der Waals surface area contributed by atoms with E-state index in [0.717, 1.165) is 0 Å². The fraction of sp³-hybridized carbons (Fsp3) is 0. The Labute approximate surface area is 163 Å². The first kappa shape index (κ1) is 18.1. The van der Waals surface area contributed by atoms with E-state index < -0.39 is 4.92 Å². The van der Waals surface area contributed by atoms with Gasteiger partial charge in [0.2, 0.25) is 0 Å². The first-order valence-electron chi connectivity index (χ1n) is 8.59. The molecule has 0 aliphatic carbocycles. The Morgan fingerprint density at radius 2 is 1.90 bits per heavy atom. The van der Waals surface area contributed by atoms with Crippen LogP contribution in [0.25, 0.3) is 29.7 Å². The number of phenolic OH excluding ortho intramolecular Hbond substituents is 1. The monoisotopic (exact) mass is 389 g/mol. The molecule has 2 heterocycles. The van der Waals surface area contributed by atoms with Gasteiger partial charge in [-0.1, -0.05) is 24.8 Å². The summed E-state index contributed by atoms with van der Waals surface area (Å²) in [6.45, 7) is 3.87. The Morgan fingerprint density at radius 3 is 2.62 bits per heavy atom. The number of benzene rings is 2. The summed E-state index contributed by atoms with van der Waals surface area (Å²) in [5.74, 6) is 0.427. The molecule has 144 valence electrons. The van der Waals surface area contributed by atoms with Crippen molar-refractivity contribution in [2.24, 2.45) is 0 Å². The van der Waals surface area contributed by atoms with Gasteiger partial charge in [-0.3, -0.25) is 20.0 Å². The second-order valence-corrected chi connectivity index (χ2v) is 6.29. The Kier molecular flexibility index (Phi) is 4.36. The molecular weight excluding hydrogens is 374 g/mol. The summed E-state index contributed by atoms with van der Waals surface area (Å²) in [4.78, 5) is 23.2. The SMILES string of the molecule is C=c1[nH]n(-c2ccccc2)c(=O)c1=Cc1ccc(-c2cc([N+](=O)[O-])ccc2O)o1. The van der Waals surface area contributed by atoms with Gasteiger partial charge in [0.25, 0.3) is 11.2 Å². The summed E-state index contributed by atoms with van der Waals surface area (Å²) in [5.41, 5.74) is 0.390. The van der Waals surface area contributed by atoms with Crippen LogP contribution in [0.5, 0.6) is 5.75 Å². The van der Waals surface area contributed by atoms with Crippen LogP contribution >= 0.6 is 0 Å². The number of nitrogens with zero attached hydrogens (tertiary/aromatic N) is 2. The number of H-pyrrole nitrogens is 1. The van der Waals surface area contributed by atoms with Crippen LogP contribution in [-0.2, 0) is 0 Å². The van der Waals surface area contributed by atoms with Crippen molar-refractivity contribution in [3.8, 4) is 22.8 Å². The molecule has 0 saturated heterocycles. The Hall–Kier alpha value is -4.33. The minimum Gasteiger partial charge on any atom is -0.507 e. The topological polar surface area (TPSA) is 114 Å². The highest BCUT2D eigenvalue weighted by Gasteiger charge is 2.15. The molecule has 8 heteroatoms. The van der Waals surface area contributed by atoms with E-state index in [9.17, 15) is 20.0 Å². The summed E-state index contributed by atoms with van der Waals surface area (Å²) in [6.07, 6.45) is 1.53. The summed E-state index contributed by atoms with van der Waals surface area (Å²) in [6, 6.07) is 15.9. The van der Waals surface area contributed by atoms with Gasteiger partial charge < -0.3 is 9.52 Å². The van der Waals surface area contributed by atoms with E-state index in [1.54, 1.807) is 24.3 Å². The maximum Gasteiger partial charge on any atom is 0.279 e. The van der Waals surface area contributed by atoms with E-state index >= 15 is 0 Å². The number of para-hydroxylation sites is 1. The molecule has 0 fully saturated rings. The van der Waals surface area contributed by atoms with Crippen LogP contribution in [0.4, 0.5) is 5.69 Å². The molecule has 2 N–H and O–H groups in total. The summed E-state index contributed by atoms with van der Waals surface area (Å²) < 4.78 is 7.07. The normalized spacial score (nSPS) is 11.7. The lowest BCUT2D eigenvalue weighted by Gasteiger charge is -2.00. The number of rotatable bonds is 4. The number of nitrogens with one attached hydrogen (secondary N) is 1. The molecule has 2 aromatic carbocycles. The number of aromatic amines is 1. The highest BCUT2D eigenvalue weighted by atomic mass is 16.6. The Bertz CT molecular complexity index is 1380. The second-order valence-electron chi connectivity index (χ2n) is 6.29. The van der Waals surface area contributed by atoms with Crippen molar-refractivity contribution in [1.82, 2.24) is 9.78 Å². The molecule has 4 rings (SSSR count). The van der Waals surface area contributed by atoms with E-state index in [2.05, 4.69) is 11.7 Å². The zero-order chi connectivity index (χ0) is 20.5. The molecule has 0 unspecified atom stereocenters. The van der Waals surface area contributed by atoms with Gasteiger partial charge in [0.05, 0.1) is 26.7 Å². The van der Waals surface area contributed by atoms with Crippen LogP contribution in [0.2, 0.25) is 0 Å². The van der Waals surface area contributed by atoms with Crippen molar-refractivity contribution in [3.63, 3.8) is 0 Å². The summed E-state index contributed by atoms with van der Waals surface area (Å²) in [5, 5.41) is 24.7. The van der Waals surface area contributed by atoms with Crippen molar-refractivity contribution in [3.05, 3.63) is 97.5 Å². The molecule has 29 heavy (non-hydrogen) atoms. The Balaban J connectivity index is 1.78. The number of hydrogen-bond donors (Lipinski definition) is 2. The molecule has 0 aliphatic rings. The van der Waals surface area contributed by atoms with Gasteiger partial charge in [0.15, 0.2) is 0 Å². The van der Waals surface area contributed by atoms with Crippen molar-refractivity contribution in [2.75, 3.05) is 0 Å². The van der Waals surface area contributed by atoms with Gasteiger partial charge in [-0.2, -0.15) is 0 Å². The number of hydrogen-bond acceptors (Lipinski definition) is 5. The predicted octanol–water partition coefficient (Wildman–Crippen LogP) is 2.28. The number of non-ortho nitro benzene ring substituents is 1. The number of furan rings is 1. The molecular formula is C21H15N3O5. The standard InChI is InChI=1S/C21H15N3O5/c1-13-17(21(26)23(22-13)14-5-3-2-4-6-14)12-16-8-10-20(29-16)18-11-15(24(27)28)7-9-19(18)25/h2-12,22,25H,1H2. The number of aromatic hydroxyl groups is 1. The highest BCUT2D eigenvalue weighted by Crippen LogP contribution is 2.33. The smallest absolute Gasteiger partial charge is 0.279 e. The second kappa shape index (κ2) is 7.01. The van der Waals surface area contributed by atoms with Gasteiger partial charge >= 0.3 is 0 Å². The fourth-order valence-electron chi connectivity index (χ4n) is 2.96. The third-order valence-electron chi connectivity index (χ3n) is 4.39. The lowest BCUT2D eigenvalue weighted by atomic mass is 10.1. The zero-order valence-electron chi connectivity index (χ0n) is 15.0. The summed E-state index contributed by atoms with van der Waals surface area (Å²) in [7, 11) is 0. The minimum absolute atomic E-state index is 0.151. The van der Waals surface area contributed by atoms with Gasteiger partial charge in [-0.15, -0.1) is 0 Å². The van der Waals surface area contributed by atoms with Crippen LogP contribution in [0.3, 0.4) is 0 Å². The van der Waals surface area contributed by atoms with Crippen LogP contribution in [-0.4, -0.2) is 19.8 Å². The lowest BCUT2D eigenvalue weighted by Crippen LogP contribution is -2.33. The van der Waals surface area contributed by atoms with Gasteiger partial charge in [-0.05, 0) is 36.4 Å².